The highest BCUT2D eigenvalue weighted by Crippen LogP contribution is 2.25. The quantitative estimate of drug-likeness (QED) is 0.273. The monoisotopic (exact) mass is 322 g/mol. The first-order chi connectivity index (χ1) is 10.5. The van der Waals surface area contributed by atoms with Crippen molar-refractivity contribution in [1.82, 2.24) is 0 Å². The number of aliphatic hydroxyl groups is 1. The third-order valence-corrected chi connectivity index (χ3v) is 3.45. The van der Waals surface area contributed by atoms with E-state index in [9.17, 15) is 14.7 Å². The Morgan fingerprint density at radius 3 is 2.36 bits per heavy atom. The molecule has 0 saturated heterocycles. The number of ketones is 1. The Morgan fingerprint density at radius 1 is 1.23 bits per heavy atom. The molecule has 0 radical (unpaired) electrons. The number of aliphatic hydroxyl groups excluding tert-OH is 1. The molecular formula is C16H18O5S. The normalized spacial score (nSPS) is 12.0. The largest absolute Gasteiger partial charge is 0.506 e. The first-order valence-electron chi connectivity index (χ1n) is 6.54. The number of ether oxygens (including phenoxy) is 2. The SMILES string of the molecule is CCOC(=O)C(=O)/C=C/C(SC)=C(\O)c1ccc(OC)cc1. The summed E-state index contributed by atoms with van der Waals surface area (Å²) in [4.78, 5) is 23.2. The number of carbonyl (C=O) groups excluding carboxylic acids is 2. The zero-order valence-electron chi connectivity index (χ0n) is 12.7. The third-order valence-electron chi connectivity index (χ3n) is 2.68. The Labute approximate surface area is 133 Å². The zero-order chi connectivity index (χ0) is 16.5. The lowest BCUT2D eigenvalue weighted by Crippen LogP contribution is -2.14. The number of carbonyl (C=O) groups is 2. The van der Waals surface area contributed by atoms with Gasteiger partial charge in [-0.05, 0) is 49.6 Å². The molecule has 1 rings (SSSR count). The molecule has 0 amide bonds. The van der Waals surface area contributed by atoms with E-state index >= 15 is 0 Å². The first-order valence-corrected chi connectivity index (χ1v) is 7.76. The second-order valence-corrected chi connectivity index (χ2v) is 4.91. The lowest BCUT2D eigenvalue weighted by atomic mass is 10.1. The maximum atomic E-state index is 11.5. The minimum Gasteiger partial charge on any atom is -0.506 e. The van der Waals surface area contributed by atoms with Crippen LogP contribution in [0.15, 0.2) is 41.3 Å². The second-order valence-electron chi connectivity index (χ2n) is 4.06. The van der Waals surface area contributed by atoms with Crippen LogP contribution in [0.5, 0.6) is 5.75 Å². The van der Waals surface area contributed by atoms with Crippen LogP contribution in [0.2, 0.25) is 0 Å². The molecule has 6 heteroatoms. The zero-order valence-corrected chi connectivity index (χ0v) is 13.5. The molecule has 22 heavy (non-hydrogen) atoms. The molecule has 0 aliphatic rings. The number of hydrogen-bond acceptors (Lipinski definition) is 6. The molecule has 0 atom stereocenters. The molecule has 0 aliphatic carbocycles. The summed E-state index contributed by atoms with van der Waals surface area (Å²) in [6.45, 7) is 1.76. The van der Waals surface area contributed by atoms with Gasteiger partial charge in [-0.1, -0.05) is 0 Å². The molecule has 1 aromatic carbocycles. The van der Waals surface area contributed by atoms with E-state index in [0.717, 1.165) is 6.08 Å². The van der Waals surface area contributed by atoms with E-state index in [1.54, 1.807) is 44.6 Å². The summed E-state index contributed by atoms with van der Waals surface area (Å²) in [5.74, 6) is -0.989. The number of esters is 1. The topological polar surface area (TPSA) is 72.8 Å². The highest BCUT2D eigenvalue weighted by Gasteiger charge is 2.12. The van der Waals surface area contributed by atoms with Gasteiger partial charge in [-0.15, -0.1) is 11.8 Å². The number of hydrogen-bond donors (Lipinski definition) is 1. The van der Waals surface area contributed by atoms with Crippen LogP contribution in [0.4, 0.5) is 0 Å². The van der Waals surface area contributed by atoms with Gasteiger partial charge in [0.25, 0.3) is 5.78 Å². The predicted molar refractivity (Wildman–Crippen MR) is 86.8 cm³/mol. The Bertz CT molecular complexity index is 587. The van der Waals surface area contributed by atoms with E-state index < -0.39 is 11.8 Å². The second kappa shape index (κ2) is 8.94. The fourth-order valence-electron chi connectivity index (χ4n) is 1.56. The molecule has 0 fully saturated rings. The van der Waals surface area contributed by atoms with Crippen LogP contribution in [0.25, 0.3) is 5.76 Å². The number of allylic oxidation sites excluding steroid dienone is 1. The third kappa shape index (κ3) is 4.96. The molecule has 0 spiro atoms. The van der Waals surface area contributed by atoms with Crippen molar-refractivity contribution in [1.29, 1.82) is 0 Å². The highest BCUT2D eigenvalue weighted by atomic mass is 32.2. The molecule has 0 unspecified atom stereocenters. The molecule has 0 heterocycles. The average molecular weight is 322 g/mol. The van der Waals surface area contributed by atoms with Crippen molar-refractivity contribution in [2.24, 2.45) is 0 Å². The van der Waals surface area contributed by atoms with Crippen molar-refractivity contribution < 1.29 is 24.2 Å². The highest BCUT2D eigenvalue weighted by molar-refractivity contribution is 8.02. The van der Waals surface area contributed by atoms with E-state index in [1.165, 1.54) is 17.8 Å². The summed E-state index contributed by atoms with van der Waals surface area (Å²) < 4.78 is 9.65. The van der Waals surface area contributed by atoms with Crippen LogP contribution >= 0.6 is 11.8 Å². The van der Waals surface area contributed by atoms with Crippen LogP contribution in [-0.4, -0.2) is 36.8 Å². The molecule has 0 aromatic heterocycles. The van der Waals surface area contributed by atoms with Crippen LogP contribution < -0.4 is 4.74 Å². The van der Waals surface area contributed by atoms with Gasteiger partial charge in [0, 0.05) is 10.5 Å². The van der Waals surface area contributed by atoms with Crippen LogP contribution in [0, 0.1) is 0 Å². The Balaban J connectivity index is 2.96. The van der Waals surface area contributed by atoms with E-state index in [4.69, 9.17) is 4.74 Å². The summed E-state index contributed by atoms with van der Waals surface area (Å²) >= 11 is 1.26. The van der Waals surface area contributed by atoms with Gasteiger partial charge in [0.1, 0.15) is 11.5 Å². The summed E-state index contributed by atoms with van der Waals surface area (Å²) in [7, 11) is 1.56. The fourth-order valence-corrected chi connectivity index (χ4v) is 2.07. The van der Waals surface area contributed by atoms with Crippen molar-refractivity contribution in [2.45, 2.75) is 6.92 Å². The standard InChI is InChI=1S/C16H18O5S/c1-4-21-16(19)13(17)9-10-14(22-3)15(18)11-5-7-12(20-2)8-6-11/h5-10,18H,4H2,1-3H3/b10-9+,15-14+. The number of thioether (sulfide) groups is 1. The van der Waals surface area contributed by atoms with Crippen LogP contribution in [0.3, 0.4) is 0 Å². The van der Waals surface area contributed by atoms with Crippen molar-refractivity contribution in [3.63, 3.8) is 0 Å². The Morgan fingerprint density at radius 2 is 1.86 bits per heavy atom. The summed E-state index contributed by atoms with van der Waals surface area (Å²) in [5, 5.41) is 10.2. The van der Waals surface area contributed by atoms with Gasteiger partial charge in [-0.3, -0.25) is 4.79 Å². The number of methoxy groups -OCH3 is 1. The number of rotatable bonds is 7. The van der Waals surface area contributed by atoms with Gasteiger partial charge in [-0.25, -0.2) is 4.79 Å². The van der Waals surface area contributed by atoms with E-state index in [-0.39, 0.29) is 12.4 Å². The van der Waals surface area contributed by atoms with Gasteiger partial charge in [0.15, 0.2) is 0 Å². The average Bonchev–Trinajstić information content (AvgIpc) is 2.55. The van der Waals surface area contributed by atoms with Crippen molar-refractivity contribution >= 4 is 29.3 Å². The van der Waals surface area contributed by atoms with Crippen LogP contribution in [-0.2, 0) is 14.3 Å². The molecular weight excluding hydrogens is 304 g/mol. The van der Waals surface area contributed by atoms with Crippen molar-refractivity contribution in [2.75, 3.05) is 20.0 Å². The van der Waals surface area contributed by atoms with Gasteiger partial charge in [0.05, 0.1) is 13.7 Å². The molecule has 118 valence electrons. The molecule has 0 aliphatic heterocycles. The van der Waals surface area contributed by atoms with Crippen molar-refractivity contribution in [3.05, 3.63) is 46.9 Å². The molecule has 1 N–H and O–H groups in total. The van der Waals surface area contributed by atoms with E-state index in [2.05, 4.69) is 4.74 Å². The molecule has 1 aromatic rings. The lowest BCUT2D eigenvalue weighted by Gasteiger charge is -2.06. The minimum absolute atomic E-state index is 0.0167. The van der Waals surface area contributed by atoms with Gasteiger partial charge in [0.2, 0.25) is 0 Å². The number of benzene rings is 1. The Hall–Kier alpha value is -2.21. The van der Waals surface area contributed by atoms with Gasteiger partial charge >= 0.3 is 5.97 Å². The smallest absolute Gasteiger partial charge is 0.379 e. The summed E-state index contributed by atoms with van der Waals surface area (Å²) in [6, 6.07) is 6.84. The van der Waals surface area contributed by atoms with E-state index in [0.29, 0.717) is 16.2 Å². The molecule has 5 nitrogen and oxygen atoms in total. The molecule has 0 saturated carbocycles. The van der Waals surface area contributed by atoms with Crippen LogP contribution in [0.1, 0.15) is 12.5 Å². The predicted octanol–water partition coefficient (Wildman–Crippen LogP) is 2.97. The maximum absolute atomic E-state index is 11.5. The maximum Gasteiger partial charge on any atom is 0.379 e. The molecule has 0 bridgehead atoms. The van der Waals surface area contributed by atoms with Crippen molar-refractivity contribution in [3.8, 4) is 5.75 Å². The lowest BCUT2D eigenvalue weighted by molar-refractivity contribution is -0.151. The Kier molecular flexibility index (Phi) is 7.25. The van der Waals surface area contributed by atoms with Gasteiger partial charge in [-0.2, -0.15) is 0 Å². The fraction of sp³-hybridized carbons (Fsp3) is 0.250. The first kappa shape index (κ1) is 17.8. The van der Waals surface area contributed by atoms with E-state index in [1.807, 2.05) is 0 Å². The van der Waals surface area contributed by atoms with Gasteiger partial charge < -0.3 is 14.6 Å². The summed E-state index contributed by atoms with van der Waals surface area (Å²) in [6.07, 6.45) is 4.24. The summed E-state index contributed by atoms with van der Waals surface area (Å²) in [5.41, 5.74) is 0.582. The minimum atomic E-state index is -0.914.